The van der Waals surface area contributed by atoms with Crippen LogP contribution in [0.25, 0.3) is 0 Å². The average Bonchev–Trinajstić information content (AvgIpc) is 3.06. The molecule has 1 aromatic carbocycles. The molecule has 0 bridgehead atoms. The fourth-order valence-electron chi connectivity index (χ4n) is 2.47. The number of amides is 1. The molecule has 1 fully saturated rings. The molecule has 1 heterocycles. The number of likely N-dealkylation sites (tertiary alicyclic amines) is 1. The second kappa shape index (κ2) is 7.27. The van der Waals surface area contributed by atoms with Gasteiger partial charge in [-0.1, -0.05) is 0 Å². The van der Waals surface area contributed by atoms with E-state index in [9.17, 15) is 22.4 Å². The van der Waals surface area contributed by atoms with Gasteiger partial charge in [-0.15, -0.1) is 0 Å². The molecular formula is C15H19FN2O5S. The predicted octanol–water partition coefficient (Wildman–Crippen LogP) is 1.16. The van der Waals surface area contributed by atoms with Crippen LogP contribution in [0.15, 0.2) is 23.1 Å². The first-order valence-electron chi connectivity index (χ1n) is 7.50. The van der Waals surface area contributed by atoms with Gasteiger partial charge in [0, 0.05) is 26.7 Å². The molecular weight excluding hydrogens is 339 g/mol. The van der Waals surface area contributed by atoms with E-state index < -0.39 is 27.7 Å². The van der Waals surface area contributed by atoms with Gasteiger partial charge in [0.15, 0.2) is 0 Å². The van der Waals surface area contributed by atoms with Gasteiger partial charge >= 0.3 is 5.97 Å². The van der Waals surface area contributed by atoms with Crippen LogP contribution in [0.4, 0.5) is 4.39 Å². The quantitative estimate of drug-likeness (QED) is 0.823. The lowest BCUT2D eigenvalue weighted by Gasteiger charge is -2.18. The molecule has 0 spiro atoms. The highest BCUT2D eigenvalue weighted by Crippen LogP contribution is 2.21. The number of hydrogen-bond donors (Lipinski definition) is 1. The van der Waals surface area contributed by atoms with E-state index in [1.54, 1.807) is 0 Å². The van der Waals surface area contributed by atoms with E-state index in [1.807, 2.05) is 0 Å². The molecule has 132 valence electrons. The van der Waals surface area contributed by atoms with Gasteiger partial charge in [0.05, 0.1) is 16.9 Å². The van der Waals surface area contributed by atoms with Crippen LogP contribution in [0.5, 0.6) is 0 Å². The first-order valence-corrected chi connectivity index (χ1v) is 8.94. The fourth-order valence-corrected chi connectivity index (χ4v) is 3.66. The summed E-state index contributed by atoms with van der Waals surface area (Å²) in [5, 5.41) is 8.62. The van der Waals surface area contributed by atoms with Crippen LogP contribution in [-0.2, 0) is 14.8 Å². The third-order valence-corrected chi connectivity index (χ3v) is 5.77. The molecule has 1 saturated heterocycles. The number of carboxylic acid groups (broad SMARTS) is 1. The van der Waals surface area contributed by atoms with Crippen molar-refractivity contribution >= 4 is 21.9 Å². The molecule has 1 amide bonds. The fraction of sp³-hybridized carbons (Fsp3) is 0.467. The number of benzene rings is 1. The number of nitrogens with zero attached hydrogens (tertiary/aromatic N) is 2. The molecule has 0 unspecified atom stereocenters. The van der Waals surface area contributed by atoms with Crippen LogP contribution < -0.4 is 0 Å². The Bertz CT molecular complexity index is 744. The molecule has 1 aliphatic heterocycles. The monoisotopic (exact) mass is 358 g/mol. The van der Waals surface area contributed by atoms with E-state index >= 15 is 0 Å². The summed E-state index contributed by atoms with van der Waals surface area (Å²) in [7, 11) is -2.79. The summed E-state index contributed by atoms with van der Waals surface area (Å²) in [6.45, 7) is 0.903. The van der Waals surface area contributed by atoms with E-state index in [4.69, 9.17) is 5.11 Å². The van der Waals surface area contributed by atoms with E-state index in [1.165, 1.54) is 18.0 Å². The van der Waals surface area contributed by atoms with Crippen LogP contribution in [0.1, 0.15) is 29.6 Å². The van der Waals surface area contributed by atoms with Gasteiger partial charge in [0.2, 0.25) is 10.0 Å². The van der Waals surface area contributed by atoms with Crippen LogP contribution in [0.2, 0.25) is 0 Å². The van der Waals surface area contributed by atoms with Crippen LogP contribution >= 0.6 is 0 Å². The van der Waals surface area contributed by atoms with Gasteiger partial charge in [-0.25, -0.2) is 17.1 Å². The molecule has 9 heteroatoms. The molecule has 7 nitrogen and oxygen atoms in total. The largest absolute Gasteiger partial charge is 0.481 e. The van der Waals surface area contributed by atoms with Gasteiger partial charge in [-0.2, -0.15) is 0 Å². The zero-order valence-electron chi connectivity index (χ0n) is 13.2. The van der Waals surface area contributed by atoms with Crippen molar-refractivity contribution in [2.24, 2.45) is 0 Å². The topological polar surface area (TPSA) is 95.0 Å². The van der Waals surface area contributed by atoms with Gasteiger partial charge < -0.3 is 10.0 Å². The number of carboxylic acids is 1. The molecule has 1 aromatic rings. The number of hydrogen-bond acceptors (Lipinski definition) is 4. The maximum atomic E-state index is 14.2. The molecule has 24 heavy (non-hydrogen) atoms. The molecule has 0 radical (unpaired) electrons. The molecule has 2 rings (SSSR count). The molecule has 0 saturated carbocycles. The van der Waals surface area contributed by atoms with Crippen molar-refractivity contribution in [2.75, 3.05) is 26.7 Å². The summed E-state index contributed by atoms with van der Waals surface area (Å²) in [4.78, 5) is 24.0. The van der Waals surface area contributed by atoms with Crippen molar-refractivity contribution in [1.82, 2.24) is 9.21 Å². The second-order valence-electron chi connectivity index (χ2n) is 5.61. The maximum absolute atomic E-state index is 14.2. The van der Waals surface area contributed by atoms with Crippen molar-refractivity contribution in [3.05, 3.63) is 29.6 Å². The van der Waals surface area contributed by atoms with Crippen LogP contribution in [0, 0.1) is 5.82 Å². The van der Waals surface area contributed by atoms with E-state index in [0.717, 1.165) is 29.3 Å². The van der Waals surface area contributed by atoms with Gasteiger partial charge in [0.25, 0.3) is 5.91 Å². The summed E-state index contributed by atoms with van der Waals surface area (Å²) < 4.78 is 39.7. The summed E-state index contributed by atoms with van der Waals surface area (Å²) >= 11 is 0. The Morgan fingerprint density at radius 2 is 1.92 bits per heavy atom. The number of carbonyl (C=O) groups excluding carboxylic acids is 1. The van der Waals surface area contributed by atoms with Crippen molar-refractivity contribution in [3.63, 3.8) is 0 Å². The van der Waals surface area contributed by atoms with E-state index in [0.29, 0.717) is 13.1 Å². The van der Waals surface area contributed by atoms with Crippen molar-refractivity contribution in [3.8, 4) is 0 Å². The third kappa shape index (κ3) is 3.90. The molecule has 0 atom stereocenters. The van der Waals surface area contributed by atoms with Gasteiger partial charge in [0.1, 0.15) is 5.82 Å². The lowest BCUT2D eigenvalue weighted by Crippen LogP contribution is -2.30. The summed E-state index contributed by atoms with van der Waals surface area (Å²) in [5.74, 6) is -2.48. The van der Waals surface area contributed by atoms with Crippen LogP contribution in [0.3, 0.4) is 0 Å². The normalized spacial score (nSPS) is 15.0. The lowest BCUT2D eigenvalue weighted by atomic mass is 10.2. The first kappa shape index (κ1) is 18.3. The minimum atomic E-state index is -4.01. The smallest absolute Gasteiger partial charge is 0.304 e. The zero-order chi connectivity index (χ0) is 17.9. The van der Waals surface area contributed by atoms with Gasteiger partial charge in [-0.3, -0.25) is 9.59 Å². The minimum Gasteiger partial charge on any atom is -0.481 e. The van der Waals surface area contributed by atoms with Crippen LogP contribution in [-0.4, -0.2) is 61.3 Å². The van der Waals surface area contributed by atoms with Gasteiger partial charge in [-0.05, 0) is 31.0 Å². The third-order valence-electron chi connectivity index (χ3n) is 3.91. The highest BCUT2D eigenvalue weighted by molar-refractivity contribution is 7.89. The lowest BCUT2D eigenvalue weighted by molar-refractivity contribution is -0.137. The molecule has 1 aliphatic rings. The number of rotatable bonds is 6. The molecule has 0 aromatic heterocycles. The first-order chi connectivity index (χ1) is 11.2. The Balaban J connectivity index is 2.21. The standard InChI is InChI=1S/C15H19FN2O5S/c1-17(9-6-14(19)20)24(22,23)11-4-5-12(13(16)10-11)15(21)18-7-2-3-8-18/h4-5,10H,2-3,6-9H2,1H3,(H,19,20). The number of sulfonamides is 1. The Labute approximate surface area is 139 Å². The number of halogens is 1. The summed E-state index contributed by atoms with van der Waals surface area (Å²) in [6, 6.07) is 3.13. The van der Waals surface area contributed by atoms with Crippen molar-refractivity contribution in [2.45, 2.75) is 24.2 Å². The summed E-state index contributed by atoms with van der Waals surface area (Å²) in [5.41, 5.74) is -0.163. The molecule has 0 aliphatic carbocycles. The minimum absolute atomic E-state index is 0.163. The number of carbonyl (C=O) groups is 2. The second-order valence-corrected chi connectivity index (χ2v) is 7.66. The SMILES string of the molecule is CN(CCC(=O)O)S(=O)(=O)c1ccc(C(=O)N2CCCC2)c(F)c1. The summed E-state index contributed by atoms with van der Waals surface area (Å²) in [6.07, 6.45) is 1.38. The maximum Gasteiger partial charge on any atom is 0.304 e. The van der Waals surface area contributed by atoms with E-state index in [2.05, 4.69) is 0 Å². The Hall–Kier alpha value is -2.00. The van der Waals surface area contributed by atoms with Crippen molar-refractivity contribution in [1.29, 1.82) is 0 Å². The van der Waals surface area contributed by atoms with Crippen molar-refractivity contribution < 1.29 is 27.5 Å². The Morgan fingerprint density at radius 1 is 1.29 bits per heavy atom. The Morgan fingerprint density at radius 3 is 2.46 bits per heavy atom. The number of aliphatic carboxylic acids is 1. The molecule has 1 N–H and O–H groups in total. The van der Waals surface area contributed by atoms with E-state index in [-0.39, 0.29) is 23.4 Å². The predicted molar refractivity (Wildman–Crippen MR) is 83.6 cm³/mol. The average molecular weight is 358 g/mol. The zero-order valence-corrected chi connectivity index (χ0v) is 14.1. The Kier molecular flexibility index (Phi) is 5.55. The highest BCUT2D eigenvalue weighted by atomic mass is 32.2. The highest BCUT2D eigenvalue weighted by Gasteiger charge is 2.26.